The lowest BCUT2D eigenvalue weighted by Crippen LogP contribution is -2.53. The zero-order chi connectivity index (χ0) is 17.9. The summed E-state index contributed by atoms with van der Waals surface area (Å²) < 4.78 is 18.5. The van der Waals surface area contributed by atoms with Crippen molar-refractivity contribution >= 4 is 17.1 Å². The summed E-state index contributed by atoms with van der Waals surface area (Å²) in [6.07, 6.45) is 0. The van der Waals surface area contributed by atoms with E-state index in [4.69, 9.17) is 4.74 Å². The minimum absolute atomic E-state index is 0.177. The summed E-state index contributed by atoms with van der Waals surface area (Å²) in [5.41, 5.74) is 4.33. The molecule has 0 saturated carbocycles. The topological polar surface area (TPSA) is 36.5 Å². The van der Waals surface area contributed by atoms with E-state index in [2.05, 4.69) is 48.7 Å². The minimum Gasteiger partial charge on any atom is -0.384 e. The van der Waals surface area contributed by atoms with Crippen molar-refractivity contribution in [1.29, 1.82) is 0 Å². The third kappa shape index (κ3) is 4.50. The number of nitrogens with one attached hydrogen (secondary N) is 2. The van der Waals surface area contributed by atoms with E-state index in [-0.39, 0.29) is 11.2 Å². The van der Waals surface area contributed by atoms with Crippen molar-refractivity contribution in [3.8, 4) is 0 Å². The van der Waals surface area contributed by atoms with Gasteiger partial charge in [0.2, 0.25) is 0 Å². The van der Waals surface area contributed by atoms with Crippen LogP contribution in [-0.2, 0) is 4.74 Å². The molecule has 5 heteroatoms. The monoisotopic (exact) mass is 343 g/mol. The predicted octanol–water partition coefficient (Wildman–Crippen LogP) is 3.87. The molecule has 134 valence electrons. The number of aryl methyl sites for hydroxylation is 1. The van der Waals surface area contributed by atoms with Crippen LogP contribution in [0.1, 0.15) is 5.56 Å². The molecule has 2 aromatic carbocycles. The Morgan fingerprint density at radius 2 is 1.76 bits per heavy atom. The molecule has 4 nitrogen and oxygen atoms in total. The van der Waals surface area contributed by atoms with Crippen molar-refractivity contribution in [2.45, 2.75) is 6.92 Å². The lowest BCUT2D eigenvalue weighted by atomic mass is 9.85. The van der Waals surface area contributed by atoms with Crippen molar-refractivity contribution in [3.63, 3.8) is 0 Å². The standard InChI is InChI=1S/C20H26FN3O/c1-15-4-7-18(23-17-8-5-16(21)6-9-17)10-19(15)22-11-20(12-24(2)3)13-25-14-20/h4-10,22-23H,11-14H2,1-3H3. The number of hydrogen-bond donors (Lipinski definition) is 2. The first-order valence-corrected chi connectivity index (χ1v) is 8.55. The Hall–Kier alpha value is -2.11. The second-order valence-corrected chi connectivity index (χ2v) is 7.25. The molecule has 1 heterocycles. The molecule has 0 bridgehead atoms. The largest absolute Gasteiger partial charge is 0.384 e. The molecule has 2 aromatic rings. The Morgan fingerprint density at radius 3 is 2.36 bits per heavy atom. The fourth-order valence-electron chi connectivity index (χ4n) is 3.18. The molecule has 2 N–H and O–H groups in total. The van der Waals surface area contributed by atoms with E-state index in [1.807, 2.05) is 6.07 Å². The zero-order valence-corrected chi connectivity index (χ0v) is 15.1. The Balaban J connectivity index is 1.68. The average Bonchev–Trinajstić information content (AvgIpc) is 2.54. The zero-order valence-electron chi connectivity index (χ0n) is 15.1. The highest BCUT2D eigenvalue weighted by molar-refractivity contribution is 5.66. The highest BCUT2D eigenvalue weighted by Crippen LogP contribution is 2.30. The molecule has 25 heavy (non-hydrogen) atoms. The van der Waals surface area contributed by atoms with Gasteiger partial charge in [0.05, 0.1) is 13.2 Å². The summed E-state index contributed by atoms with van der Waals surface area (Å²) in [5.74, 6) is -0.231. The first kappa shape index (κ1) is 17.7. The molecule has 0 atom stereocenters. The van der Waals surface area contributed by atoms with Crippen molar-refractivity contribution in [3.05, 3.63) is 53.8 Å². The van der Waals surface area contributed by atoms with Gasteiger partial charge in [-0.2, -0.15) is 0 Å². The van der Waals surface area contributed by atoms with Gasteiger partial charge in [-0.15, -0.1) is 0 Å². The van der Waals surface area contributed by atoms with Gasteiger partial charge in [-0.1, -0.05) is 6.07 Å². The second-order valence-electron chi connectivity index (χ2n) is 7.25. The summed E-state index contributed by atoms with van der Waals surface area (Å²) in [6, 6.07) is 12.6. The normalized spacial score (nSPS) is 15.7. The van der Waals surface area contributed by atoms with Crippen LogP contribution >= 0.6 is 0 Å². The first-order valence-electron chi connectivity index (χ1n) is 8.55. The van der Waals surface area contributed by atoms with Gasteiger partial charge in [0, 0.05) is 35.6 Å². The highest BCUT2D eigenvalue weighted by atomic mass is 19.1. The van der Waals surface area contributed by atoms with E-state index < -0.39 is 0 Å². The smallest absolute Gasteiger partial charge is 0.123 e. The van der Waals surface area contributed by atoms with E-state index in [0.29, 0.717) is 0 Å². The van der Waals surface area contributed by atoms with Crippen LogP contribution < -0.4 is 10.6 Å². The van der Waals surface area contributed by atoms with Crippen LogP contribution in [0.25, 0.3) is 0 Å². The van der Waals surface area contributed by atoms with Crippen LogP contribution in [-0.4, -0.2) is 45.3 Å². The molecule has 1 aliphatic heterocycles. The predicted molar refractivity (Wildman–Crippen MR) is 101 cm³/mol. The van der Waals surface area contributed by atoms with Gasteiger partial charge in [0.1, 0.15) is 5.82 Å². The summed E-state index contributed by atoms with van der Waals surface area (Å²) in [7, 11) is 4.19. The average molecular weight is 343 g/mol. The van der Waals surface area contributed by atoms with E-state index >= 15 is 0 Å². The van der Waals surface area contributed by atoms with E-state index in [1.54, 1.807) is 12.1 Å². The fraction of sp³-hybridized carbons (Fsp3) is 0.400. The van der Waals surface area contributed by atoms with Crippen molar-refractivity contribution in [2.24, 2.45) is 5.41 Å². The van der Waals surface area contributed by atoms with E-state index in [0.717, 1.165) is 43.4 Å². The van der Waals surface area contributed by atoms with Gasteiger partial charge in [-0.05, 0) is 63.0 Å². The number of nitrogens with zero attached hydrogens (tertiary/aromatic N) is 1. The third-order valence-corrected chi connectivity index (χ3v) is 4.49. The summed E-state index contributed by atoms with van der Waals surface area (Å²) in [6.45, 7) is 5.58. The minimum atomic E-state index is -0.231. The van der Waals surface area contributed by atoms with Crippen LogP contribution in [0.3, 0.4) is 0 Å². The van der Waals surface area contributed by atoms with Gasteiger partial charge < -0.3 is 20.3 Å². The van der Waals surface area contributed by atoms with Gasteiger partial charge in [-0.25, -0.2) is 4.39 Å². The SMILES string of the molecule is Cc1ccc(Nc2ccc(F)cc2)cc1NCC1(CN(C)C)COC1. The molecule has 0 radical (unpaired) electrons. The summed E-state index contributed by atoms with van der Waals surface area (Å²) in [5, 5.41) is 6.91. The Labute approximate surface area is 149 Å². The summed E-state index contributed by atoms with van der Waals surface area (Å²) >= 11 is 0. The van der Waals surface area contributed by atoms with E-state index in [9.17, 15) is 4.39 Å². The van der Waals surface area contributed by atoms with Crippen molar-refractivity contribution in [2.75, 3.05) is 51.0 Å². The Bertz CT molecular complexity index is 711. The molecule has 0 unspecified atom stereocenters. The van der Waals surface area contributed by atoms with Crippen LogP contribution in [0.2, 0.25) is 0 Å². The number of benzene rings is 2. The van der Waals surface area contributed by atoms with Crippen molar-refractivity contribution in [1.82, 2.24) is 4.90 Å². The fourth-order valence-corrected chi connectivity index (χ4v) is 3.18. The number of anilines is 3. The quantitative estimate of drug-likeness (QED) is 0.800. The number of halogens is 1. The molecule has 0 aliphatic carbocycles. The van der Waals surface area contributed by atoms with Crippen LogP contribution in [0.4, 0.5) is 21.5 Å². The molecule has 1 saturated heterocycles. The van der Waals surface area contributed by atoms with Gasteiger partial charge >= 0.3 is 0 Å². The maximum Gasteiger partial charge on any atom is 0.123 e. The maximum atomic E-state index is 13.0. The lowest BCUT2D eigenvalue weighted by molar-refractivity contribution is -0.113. The summed E-state index contributed by atoms with van der Waals surface area (Å²) in [4.78, 5) is 2.21. The molecule has 0 aromatic heterocycles. The maximum absolute atomic E-state index is 13.0. The number of rotatable bonds is 7. The molecule has 3 rings (SSSR count). The van der Waals surface area contributed by atoms with Crippen LogP contribution in [0, 0.1) is 18.2 Å². The Kier molecular flexibility index (Phi) is 5.25. The van der Waals surface area contributed by atoms with Crippen molar-refractivity contribution < 1.29 is 9.13 Å². The third-order valence-electron chi connectivity index (χ3n) is 4.49. The molecule has 1 aliphatic rings. The lowest BCUT2D eigenvalue weighted by Gasteiger charge is -2.43. The Morgan fingerprint density at radius 1 is 1.08 bits per heavy atom. The van der Waals surface area contributed by atoms with Crippen LogP contribution in [0.5, 0.6) is 0 Å². The molecular formula is C20H26FN3O. The molecule has 0 amide bonds. The second kappa shape index (κ2) is 7.42. The first-order chi connectivity index (χ1) is 12.0. The van der Waals surface area contributed by atoms with E-state index in [1.165, 1.54) is 17.7 Å². The van der Waals surface area contributed by atoms with Gasteiger partial charge in [0.25, 0.3) is 0 Å². The molecule has 1 fully saturated rings. The van der Waals surface area contributed by atoms with Gasteiger partial charge in [-0.3, -0.25) is 0 Å². The number of hydrogen-bond acceptors (Lipinski definition) is 4. The van der Waals surface area contributed by atoms with Gasteiger partial charge in [0.15, 0.2) is 0 Å². The highest BCUT2D eigenvalue weighted by Gasteiger charge is 2.38. The number of ether oxygens (including phenoxy) is 1. The molecule has 0 spiro atoms. The molecular weight excluding hydrogens is 317 g/mol. The van der Waals surface area contributed by atoms with Crippen LogP contribution in [0.15, 0.2) is 42.5 Å².